The van der Waals surface area contributed by atoms with E-state index in [4.69, 9.17) is 21.1 Å². The van der Waals surface area contributed by atoms with Crippen LogP contribution in [0.1, 0.15) is 5.82 Å². The zero-order chi connectivity index (χ0) is 20.4. The van der Waals surface area contributed by atoms with E-state index in [2.05, 4.69) is 20.6 Å². The van der Waals surface area contributed by atoms with Crippen LogP contribution in [0.25, 0.3) is 15.5 Å². The predicted molar refractivity (Wildman–Crippen MR) is 111 cm³/mol. The minimum absolute atomic E-state index is 0.148. The molecule has 2 heterocycles. The highest BCUT2D eigenvalue weighted by molar-refractivity contribution is 7.19. The molecule has 1 amide bonds. The number of benzene rings is 2. The van der Waals surface area contributed by atoms with Crippen LogP contribution in [0.5, 0.6) is 11.5 Å². The fourth-order valence-electron chi connectivity index (χ4n) is 2.64. The van der Waals surface area contributed by atoms with Gasteiger partial charge in [0.05, 0.1) is 12.8 Å². The van der Waals surface area contributed by atoms with E-state index in [-0.39, 0.29) is 12.5 Å². The number of hydrogen-bond donors (Lipinski definition) is 1. The monoisotopic (exact) mass is 429 g/mol. The van der Waals surface area contributed by atoms with Crippen LogP contribution in [0.4, 0.5) is 5.69 Å². The Kier molecular flexibility index (Phi) is 5.32. The van der Waals surface area contributed by atoms with Gasteiger partial charge < -0.3 is 14.8 Å². The molecule has 0 bridgehead atoms. The Morgan fingerprint density at radius 1 is 1.21 bits per heavy atom. The Morgan fingerprint density at radius 2 is 2.00 bits per heavy atom. The molecule has 148 valence electrons. The van der Waals surface area contributed by atoms with Crippen molar-refractivity contribution in [1.29, 1.82) is 0 Å². The van der Waals surface area contributed by atoms with Crippen molar-refractivity contribution in [1.82, 2.24) is 19.8 Å². The number of anilines is 1. The Morgan fingerprint density at radius 3 is 2.72 bits per heavy atom. The number of ether oxygens (including phenoxy) is 2. The van der Waals surface area contributed by atoms with Crippen LogP contribution in [0.15, 0.2) is 42.5 Å². The molecule has 8 nitrogen and oxygen atoms in total. The van der Waals surface area contributed by atoms with Crippen LogP contribution in [-0.2, 0) is 4.79 Å². The zero-order valence-electron chi connectivity index (χ0n) is 15.5. The fraction of sp³-hybridized carbons (Fsp3) is 0.158. The third kappa shape index (κ3) is 4.15. The molecule has 0 spiro atoms. The number of fused-ring (bicyclic) bond motifs is 1. The van der Waals surface area contributed by atoms with Crippen molar-refractivity contribution >= 4 is 39.5 Å². The number of hydrogen-bond acceptors (Lipinski definition) is 7. The van der Waals surface area contributed by atoms with Gasteiger partial charge in [0, 0.05) is 10.6 Å². The van der Waals surface area contributed by atoms with Gasteiger partial charge in [-0.1, -0.05) is 22.9 Å². The van der Waals surface area contributed by atoms with E-state index in [9.17, 15) is 4.79 Å². The third-order valence-electron chi connectivity index (χ3n) is 4.05. The minimum Gasteiger partial charge on any atom is -0.495 e. The Hall–Kier alpha value is -3.17. The first-order valence-corrected chi connectivity index (χ1v) is 9.78. The molecule has 0 saturated carbocycles. The summed E-state index contributed by atoms with van der Waals surface area (Å²) in [6, 6.07) is 12.3. The molecule has 2 aromatic carbocycles. The van der Waals surface area contributed by atoms with E-state index in [1.807, 2.05) is 13.0 Å². The van der Waals surface area contributed by atoms with Crippen molar-refractivity contribution in [3.63, 3.8) is 0 Å². The highest BCUT2D eigenvalue weighted by Gasteiger charge is 2.14. The van der Waals surface area contributed by atoms with Gasteiger partial charge in [-0.15, -0.1) is 10.2 Å². The highest BCUT2D eigenvalue weighted by atomic mass is 35.5. The molecule has 0 aliphatic rings. The van der Waals surface area contributed by atoms with Crippen LogP contribution in [-0.4, -0.2) is 39.4 Å². The molecule has 0 aliphatic heterocycles. The summed E-state index contributed by atoms with van der Waals surface area (Å²) in [5.41, 5.74) is 1.35. The van der Waals surface area contributed by atoms with E-state index < -0.39 is 0 Å². The summed E-state index contributed by atoms with van der Waals surface area (Å²) in [5, 5.41) is 16.8. The number of carbonyl (C=O) groups is 1. The average molecular weight is 430 g/mol. The van der Waals surface area contributed by atoms with Gasteiger partial charge in [0.25, 0.3) is 5.91 Å². The van der Waals surface area contributed by atoms with Crippen molar-refractivity contribution in [3.05, 3.63) is 53.3 Å². The van der Waals surface area contributed by atoms with Gasteiger partial charge in [0.2, 0.25) is 4.96 Å². The van der Waals surface area contributed by atoms with E-state index in [0.717, 1.165) is 10.6 Å². The molecule has 10 heteroatoms. The second kappa shape index (κ2) is 8.06. The van der Waals surface area contributed by atoms with Crippen molar-refractivity contribution in [2.75, 3.05) is 19.0 Å². The lowest BCUT2D eigenvalue weighted by Crippen LogP contribution is -2.20. The number of carbonyl (C=O) groups excluding carboxylic acids is 1. The van der Waals surface area contributed by atoms with Crippen molar-refractivity contribution in [2.24, 2.45) is 0 Å². The number of aromatic nitrogens is 4. The second-order valence-corrected chi connectivity index (χ2v) is 7.45. The number of aryl methyl sites for hydroxylation is 1. The maximum absolute atomic E-state index is 12.4. The number of methoxy groups -OCH3 is 1. The molecule has 0 aliphatic carbocycles. The lowest BCUT2D eigenvalue weighted by atomic mass is 10.2. The van der Waals surface area contributed by atoms with Gasteiger partial charge in [-0.3, -0.25) is 4.79 Å². The van der Waals surface area contributed by atoms with Gasteiger partial charge in [-0.05, 0) is 49.4 Å². The van der Waals surface area contributed by atoms with Crippen LogP contribution in [0.2, 0.25) is 5.02 Å². The zero-order valence-corrected chi connectivity index (χ0v) is 17.1. The first kappa shape index (κ1) is 19.2. The van der Waals surface area contributed by atoms with Gasteiger partial charge in [0.1, 0.15) is 16.5 Å². The molecular weight excluding hydrogens is 414 g/mol. The van der Waals surface area contributed by atoms with Crippen LogP contribution >= 0.6 is 22.9 Å². The largest absolute Gasteiger partial charge is 0.495 e. The summed E-state index contributed by atoms with van der Waals surface area (Å²) in [6.45, 7) is 1.69. The van der Waals surface area contributed by atoms with Crippen LogP contribution in [0, 0.1) is 6.92 Å². The number of nitrogens with one attached hydrogen (secondary N) is 1. The molecule has 4 rings (SSSR count). The number of halogens is 1. The smallest absolute Gasteiger partial charge is 0.262 e. The first-order chi connectivity index (χ1) is 14.0. The summed E-state index contributed by atoms with van der Waals surface area (Å²) in [5.74, 6) is 1.49. The van der Waals surface area contributed by atoms with Gasteiger partial charge in [-0.25, -0.2) is 0 Å². The van der Waals surface area contributed by atoms with E-state index >= 15 is 0 Å². The molecule has 2 aromatic heterocycles. The Balaban J connectivity index is 1.51. The lowest BCUT2D eigenvalue weighted by Gasteiger charge is -2.12. The van der Waals surface area contributed by atoms with Gasteiger partial charge in [-0.2, -0.15) is 9.61 Å². The molecule has 29 heavy (non-hydrogen) atoms. The van der Waals surface area contributed by atoms with E-state index in [1.54, 1.807) is 48.0 Å². The molecule has 1 N–H and O–H groups in total. The molecular formula is C19H16ClN5O3S. The van der Waals surface area contributed by atoms with Crippen LogP contribution in [0.3, 0.4) is 0 Å². The van der Waals surface area contributed by atoms with Crippen molar-refractivity contribution < 1.29 is 14.3 Å². The van der Waals surface area contributed by atoms with Crippen molar-refractivity contribution in [3.8, 4) is 22.1 Å². The first-order valence-electron chi connectivity index (χ1n) is 8.59. The summed E-state index contributed by atoms with van der Waals surface area (Å²) in [7, 11) is 1.54. The second-order valence-electron chi connectivity index (χ2n) is 6.05. The number of rotatable bonds is 6. The SMILES string of the molecule is COc1ccc(-c2nn3c(C)nnc3s2)cc1NC(=O)COc1ccc(Cl)cc1. The number of nitrogens with zero attached hydrogens (tertiary/aromatic N) is 4. The molecule has 0 fully saturated rings. The molecule has 0 radical (unpaired) electrons. The maximum Gasteiger partial charge on any atom is 0.262 e. The normalized spacial score (nSPS) is 10.9. The summed E-state index contributed by atoms with van der Waals surface area (Å²) in [6.07, 6.45) is 0. The Labute approximate surface area is 175 Å². The Bertz CT molecular complexity index is 1170. The number of amides is 1. The standard InChI is InChI=1S/C19H16ClN5O3S/c1-11-22-23-19-25(11)24-18(29-19)12-3-8-16(27-2)15(9-12)21-17(26)10-28-14-6-4-13(20)5-7-14/h3-9H,10H2,1-2H3,(H,21,26). The fourth-order valence-corrected chi connectivity index (χ4v) is 3.64. The average Bonchev–Trinajstić information content (AvgIpc) is 3.30. The van der Waals surface area contributed by atoms with E-state index in [0.29, 0.717) is 33.0 Å². The van der Waals surface area contributed by atoms with Gasteiger partial charge in [0.15, 0.2) is 12.4 Å². The molecule has 0 atom stereocenters. The van der Waals surface area contributed by atoms with Crippen molar-refractivity contribution in [2.45, 2.75) is 6.92 Å². The van der Waals surface area contributed by atoms with E-state index in [1.165, 1.54) is 11.3 Å². The highest BCUT2D eigenvalue weighted by Crippen LogP contribution is 2.32. The third-order valence-corrected chi connectivity index (χ3v) is 5.25. The summed E-state index contributed by atoms with van der Waals surface area (Å²) in [4.78, 5) is 13.1. The minimum atomic E-state index is -0.315. The summed E-state index contributed by atoms with van der Waals surface area (Å²) >= 11 is 7.26. The quantitative estimate of drug-likeness (QED) is 0.500. The van der Waals surface area contributed by atoms with Crippen LogP contribution < -0.4 is 14.8 Å². The molecule has 4 aromatic rings. The molecule has 0 unspecified atom stereocenters. The maximum atomic E-state index is 12.4. The molecule has 0 saturated heterocycles. The van der Waals surface area contributed by atoms with Gasteiger partial charge >= 0.3 is 0 Å². The lowest BCUT2D eigenvalue weighted by molar-refractivity contribution is -0.118. The summed E-state index contributed by atoms with van der Waals surface area (Å²) < 4.78 is 12.5. The predicted octanol–water partition coefficient (Wildman–Crippen LogP) is 3.84. The topological polar surface area (TPSA) is 90.6 Å².